The van der Waals surface area contributed by atoms with Gasteiger partial charge in [-0.3, -0.25) is 15.7 Å². The van der Waals surface area contributed by atoms with Crippen LogP contribution in [0, 0.1) is 6.92 Å². The molecule has 0 amide bonds. The van der Waals surface area contributed by atoms with Crippen LogP contribution in [0.4, 0.5) is 22.0 Å². The minimum Gasteiger partial charge on any atom is -0.453 e. The molecule has 0 aliphatic rings. The molecule has 2 N–H and O–H groups in total. The van der Waals surface area contributed by atoms with E-state index in [4.69, 9.17) is 27.9 Å². The van der Waals surface area contributed by atoms with E-state index in [2.05, 4.69) is 15.0 Å². The summed E-state index contributed by atoms with van der Waals surface area (Å²) in [7, 11) is 0. The van der Waals surface area contributed by atoms with E-state index in [1.807, 2.05) is 5.48 Å². The third kappa shape index (κ3) is 7.02. The molecule has 36 heavy (non-hydrogen) atoms. The van der Waals surface area contributed by atoms with Crippen molar-refractivity contribution in [3.8, 4) is 11.5 Å². The van der Waals surface area contributed by atoms with Gasteiger partial charge in [0.15, 0.2) is 17.3 Å². The summed E-state index contributed by atoms with van der Waals surface area (Å²) in [6.07, 6.45) is -5.90. The summed E-state index contributed by atoms with van der Waals surface area (Å²) in [5.74, 6) is -0.222. The molecule has 3 rings (SSSR count). The number of aromatic nitrogens is 2. The van der Waals surface area contributed by atoms with Gasteiger partial charge in [-0.15, -0.1) is 11.6 Å². The number of aryl methyl sites for hydroxylation is 1. The molecule has 0 fully saturated rings. The van der Waals surface area contributed by atoms with Crippen molar-refractivity contribution in [2.75, 3.05) is 5.88 Å². The van der Waals surface area contributed by atoms with E-state index in [1.54, 1.807) is 6.92 Å². The second kappa shape index (κ2) is 11.8. The van der Waals surface area contributed by atoms with Crippen molar-refractivity contribution in [2.45, 2.75) is 32.0 Å². The Hall–Kier alpha value is -3.02. The number of ether oxygens (including phenoxy) is 1. The minimum atomic E-state index is -4.58. The molecule has 0 aliphatic carbocycles. The lowest BCUT2D eigenvalue weighted by Crippen LogP contribution is -2.26. The number of nitrogens with one attached hydrogen (secondary N) is 1. The number of hydrogen-bond donors (Lipinski definition) is 2. The predicted octanol–water partition coefficient (Wildman–Crippen LogP) is 6.76. The molecule has 1 heterocycles. The molecular weight excluding hydrogens is 530 g/mol. The van der Waals surface area contributed by atoms with Crippen LogP contribution in [0.25, 0.3) is 0 Å². The predicted molar refractivity (Wildman–Crippen MR) is 124 cm³/mol. The van der Waals surface area contributed by atoms with Gasteiger partial charge in [0.25, 0.3) is 6.43 Å². The zero-order chi connectivity index (χ0) is 26.5. The third-order valence-corrected chi connectivity index (χ3v) is 5.58. The van der Waals surface area contributed by atoms with Crippen molar-refractivity contribution in [2.24, 2.45) is 4.99 Å². The van der Waals surface area contributed by atoms with E-state index in [0.717, 1.165) is 18.2 Å². The van der Waals surface area contributed by atoms with E-state index in [-0.39, 0.29) is 51.7 Å². The van der Waals surface area contributed by atoms with Crippen molar-refractivity contribution in [3.63, 3.8) is 0 Å². The molecule has 2 aromatic carbocycles. The SMILES string of the molecule is Cc1ncc(Oc2cccc(C(F)(F)F)c2)c(C(=N[C@@H](CCl)Cc2ccc(C(F)F)cc2Cl)NO)n1. The van der Waals surface area contributed by atoms with Crippen LogP contribution in [0.1, 0.15) is 34.6 Å². The minimum absolute atomic E-state index is 0.0447. The first-order valence-electron chi connectivity index (χ1n) is 10.3. The fraction of sp³-hybridized carbons (Fsp3) is 0.261. The van der Waals surface area contributed by atoms with Gasteiger partial charge in [0, 0.05) is 16.5 Å². The molecule has 1 atom stereocenters. The van der Waals surface area contributed by atoms with Crippen molar-refractivity contribution >= 4 is 29.0 Å². The normalized spacial score (nSPS) is 13.1. The summed E-state index contributed by atoms with van der Waals surface area (Å²) >= 11 is 12.2. The van der Waals surface area contributed by atoms with Gasteiger partial charge in [-0.1, -0.05) is 29.8 Å². The first-order chi connectivity index (χ1) is 17.0. The summed E-state index contributed by atoms with van der Waals surface area (Å²) in [5, 5.41) is 9.88. The standard InChI is InChI=1S/C23H19Cl2F5N4O2/c1-12-31-11-19(36-17-4-2-3-15(9-17)23(28,29)30)20(32-12)22(34-35)33-16(10-24)7-13-5-6-14(21(26)27)8-18(13)25/h2-6,8-9,11,16,21,35H,7,10H2,1H3,(H,33,34)/t16-/m1/s1. The average molecular weight is 549 g/mol. The highest BCUT2D eigenvalue weighted by Crippen LogP contribution is 2.33. The first-order valence-corrected chi connectivity index (χ1v) is 11.2. The van der Waals surface area contributed by atoms with Crippen LogP contribution < -0.4 is 10.2 Å². The smallest absolute Gasteiger partial charge is 0.416 e. The van der Waals surface area contributed by atoms with Gasteiger partial charge in [-0.05, 0) is 43.2 Å². The van der Waals surface area contributed by atoms with Crippen LogP contribution in [0.2, 0.25) is 5.02 Å². The lowest BCUT2D eigenvalue weighted by atomic mass is 10.1. The fourth-order valence-electron chi connectivity index (χ4n) is 3.15. The Morgan fingerprint density at radius 2 is 1.94 bits per heavy atom. The first kappa shape index (κ1) is 27.6. The molecule has 3 aromatic rings. The van der Waals surface area contributed by atoms with Gasteiger partial charge in [-0.2, -0.15) is 13.2 Å². The van der Waals surface area contributed by atoms with E-state index in [9.17, 15) is 27.2 Å². The maximum absolute atomic E-state index is 13.1. The molecule has 0 unspecified atom stereocenters. The number of aliphatic imine (C=N–C) groups is 1. The van der Waals surface area contributed by atoms with Crippen molar-refractivity contribution in [1.82, 2.24) is 15.4 Å². The maximum atomic E-state index is 13.1. The molecule has 0 bridgehead atoms. The summed E-state index contributed by atoms with van der Waals surface area (Å²) in [5.41, 5.74) is 1.20. The largest absolute Gasteiger partial charge is 0.453 e. The van der Waals surface area contributed by atoms with Gasteiger partial charge >= 0.3 is 6.18 Å². The van der Waals surface area contributed by atoms with Gasteiger partial charge in [-0.25, -0.2) is 18.7 Å². The molecule has 0 radical (unpaired) electrons. The van der Waals surface area contributed by atoms with Crippen LogP contribution in [0.15, 0.2) is 53.7 Å². The number of alkyl halides is 6. The van der Waals surface area contributed by atoms with E-state index in [0.29, 0.717) is 5.56 Å². The summed E-state index contributed by atoms with van der Waals surface area (Å²) in [6, 6.07) is 7.31. The highest BCUT2D eigenvalue weighted by atomic mass is 35.5. The zero-order valence-corrected chi connectivity index (χ0v) is 20.0. The van der Waals surface area contributed by atoms with Gasteiger partial charge in [0.2, 0.25) is 0 Å². The molecule has 6 nitrogen and oxygen atoms in total. The zero-order valence-electron chi connectivity index (χ0n) is 18.5. The molecule has 0 saturated heterocycles. The molecule has 1 aromatic heterocycles. The van der Waals surface area contributed by atoms with Crippen LogP contribution >= 0.6 is 23.2 Å². The summed E-state index contributed by atoms with van der Waals surface area (Å²) < 4.78 is 70.6. The lowest BCUT2D eigenvalue weighted by molar-refractivity contribution is -0.137. The molecule has 13 heteroatoms. The summed E-state index contributed by atoms with van der Waals surface area (Å²) in [6.45, 7) is 1.55. The summed E-state index contributed by atoms with van der Waals surface area (Å²) in [4.78, 5) is 12.5. The third-order valence-electron chi connectivity index (χ3n) is 4.87. The van der Waals surface area contributed by atoms with Crippen LogP contribution in [-0.2, 0) is 12.6 Å². The maximum Gasteiger partial charge on any atom is 0.416 e. The number of halogens is 7. The van der Waals surface area contributed by atoms with Crippen molar-refractivity contribution < 1.29 is 31.9 Å². The van der Waals surface area contributed by atoms with E-state index >= 15 is 0 Å². The Balaban J connectivity index is 1.93. The molecule has 0 saturated carbocycles. The number of hydroxylamine groups is 1. The van der Waals surface area contributed by atoms with Gasteiger partial charge < -0.3 is 4.74 Å². The van der Waals surface area contributed by atoms with E-state index < -0.39 is 24.2 Å². The average Bonchev–Trinajstić information content (AvgIpc) is 2.83. The van der Waals surface area contributed by atoms with Gasteiger partial charge in [0.05, 0.1) is 17.8 Å². The number of rotatable bonds is 8. The van der Waals surface area contributed by atoms with Crippen molar-refractivity contribution in [1.29, 1.82) is 0 Å². The Morgan fingerprint density at radius 1 is 1.19 bits per heavy atom. The van der Waals surface area contributed by atoms with Gasteiger partial charge in [0.1, 0.15) is 11.6 Å². The number of hydrogen-bond acceptors (Lipinski definition) is 5. The van der Waals surface area contributed by atoms with Crippen LogP contribution in [0.5, 0.6) is 11.5 Å². The topological polar surface area (TPSA) is 79.6 Å². The molecule has 0 aliphatic heterocycles. The fourth-order valence-corrected chi connectivity index (χ4v) is 3.59. The monoisotopic (exact) mass is 548 g/mol. The molecule has 192 valence electrons. The molecule has 0 spiro atoms. The molecular formula is C23H19Cl2F5N4O2. The van der Waals surface area contributed by atoms with Crippen molar-refractivity contribution in [3.05, 3.63) is 81.9 Å². The van der Waals surface area contributed by atoms with Crippen LogP contribution in [0.3, 0.4) is 0 Å². The number of benzene rings is 2. The Morgan fingerprint density at radius 3 is 2.56 bits per heavy atom. The second-order valence-electron chi connectivity index (χ2n) is 7.51. The number of amidine groups is 1. The highest BCUT2D eigenvalue weighted by Gasteiger charge is 2.31. The Labute approximate surface area is 212 Å². The highest BCUT2D eigenvalue weighted by molar-refractivity contribution is 6.31. The van der Waals surface area contributed by atoms with Crippen LogP contribution in [-0.4, -0.2) is 32.9 Å². The number of nitrogens with zero attached hydrogens (tertiary/aromatic N) is 3. The Bertz CT molecular complexity index is 1240. The second-order valence-corrected chi connectivity index (χ2v) is 8.23. The Kier molecular flexibility index (Phi) is 9.04. The quantitative estimate of drug-likeness (QED) is 0.107. The lowest BCUT2D eigenvalue weighted by Gasteiger charge is -2.16. The van der Waals surface area contributed by atoms with E-state index in [1.165, 1.54) is 30.5 Å².